The van der Waals surface area contributed by atoms with Crippen molar-refractivity contribution in [3.8, 4) is 0 Å². The predicted molar refractivity (Wildman–Crippen MR) is 71.3 cm³/mol. The molecule has 1 aromatic rings. The molecule has 0 saturated carbocycles. The summed E-state index contributed by atoms with van der Waals surface area (Å²) in [6, 6.07) is 4.63. The maximum absolute atomic E-state index is 12.1. The number of nitrogens with zero attached hydrogens (tertiary/aromatic N) is 2. The molecule has 20 heavy (non-hydrogen) atoms. The number of carbonyl (C=O) groups is 2. The van der Waals surface area contributed by atoms with Gasteiger partial charge in [0.1, 0.15) is 6.04 Å². The fraction of sp³-hybridized carbons (Fsp3) is 0.333. The SMILES string of the molecule is CC1C(=O)NCCN1C(=O)Nc1cccc([N+](=O)[O-])c1. The number of urea groups is 1. The van der Waals surface area contributed by atoms with Crippen LogP contribution in [0.15, 0.2) is 24.3 Å². The van der Waals surface area contributed by atoms with Gasteiger partial charge in [-0.3, -0.25) is 14.9 Å². The molecule has 1 unspecified atom stereocenters. The monoisotopic (exact) mass is 278 g/mol. The minimum Gasteiger partial charge on any atom is -0.353 e. The lowest BCUT2D eigenvalue weighted by molar-refractivity contribution is -0.384. The number of piperazine rings is 1. The lowest BCUT2D eigenvalue weighted by atomic mass is 10.2. The molecule has 1 fully saturated rings. The van der Waals surface area contributed by atoms with Crippen LogP contribution in [0.25, 0.3) is 0 Å². The molecule has 0 bridgehead atoms. The minimum atomic E-state index is -0.567. The van der Waals surface area contributed by atoms with Crippen LogP contribution in [0.2, 0.25) is 0 Å². The van der Waals surface area contributed by atoms with Gasteiger partial charge in [0.15, 0.2) is 0 Å². The topological polar surface area (TPSA) is 105 Å². The Labute approximate surface area is 114 Å². The van der Waals surface area contributed by atoms with E-state index >= 15 is 0 Å². The number of nitrogens with one attached hydrogen (secondary N) is 2. The van der Waals surface area contributed by atoms with E-state index < -0.39 is 17.0 Å². The first-order valence-electron chi connectivity index (χ1n) is 6.09. The number of anilines is 1. The van der Waals surface area contributed by atoms with Crippen LogP contribution >= 0.6 is 0 Å². The van der Waals surface area contributed by atoms with Gasteiger partial charge >= 0.3 is 6.03 Å². The zero-order valence-electron chi connectivity index (χ0n) is 10.8. The molecule has 1 saturated heterocycles. The van der Waals surface area contributed by atoms with Crippen LogP contribution in [0.5, 0.6) is 0 Å². The van der Waals surface area contributed by atoms with E-state index in [0.717, 1.165) is 0 Å². The fourth-order valence-electron chi connectivity index (χ4n) is 1.95. The molecule has 1 aromatic carbocycles. The van der Waals surface area contributed by atoms with E-state index in [1.807, 2.05) is 0 Å². The van der Waals surface area contributed by atoms with E-state index in [0.29, 0.717) is 18.8 Å². The summed E-state index contributed by atoms with van der Waals surface area (Å²) in [4.78, 5) is 35.1. The molecule has 0 radical (unpaired) electrons. The minimum absolute atomic E-state index is 0.104. The van der Waals surface area contributed by atoms with Crippen molar-refractivity contribution in [1.29, 1.82) is 0 Å². The average Bonchev–Trinajstić information content (AvgIpc) is 2.42. The third-order valence-corrected chi connectivity index (χ3v) is 3.07. The van der Waals surface area contributed by atoms with Gasteiger partial charge in [-0.05, 0) is 13.0 Å². The number of hydrogen-bond acceptors (Lipinski definition) is 4. The smallest absolute Gasteiger partial charge is 0.322 e. The molecule has 2 N–H and O–H groups in total. The number of nitro benzene ring substituents is 1. The molecule has 0 aliphatic carbocycles. The Morgan fingerprint density at radius 2 is 2.30 bits per heavy atom. The van der Waals surface area contributed by atoms with Gasteiger partial charge in [-0.25, -0.2) is 4.79 Å². The molecule has 1 atom stereocenters. The highest BCUT2D eigenvalue weighted by molar-refractivity contribution is 5.94. The van der Waals surface area contributed by atoms with Crippen LogP contribution in [-0.4, -0.2) is 40.9 Å². The van der Waals surface area contributed by atoms with Gasteiger partial charge in [-0.2, -0.15) is 0 Å². The van der Waals surface area contributed by atoms with Crippen molar-refractivity contribution in [3.05, 3.63) is 34.4 Å². The number of amides is 3. The lowest BCUT2D eigenvalue weighted by Crippen LogP contribution is -2.56. The van der Waals surface area contributed by atoms with Crippen LogP contribution in [-0.2, 0) is 4.79 Å². The van der Waals surface area contributed by atoms with E-state index in [1.54, 1.807) is 13.0 Å². The van der Waals surface area contributed by atoms with Gasteiger partial charge in [0.05, 0.1) is 4.92 Å². The van der Waals surface area contributed by atoms with E-state index in [1.165, 1.54) is 23.1 Å². The first-order valence-corrected chi connectivity index (χ1v) is 6.09. The summed E-state index contributed by atoms with van der Waals surface area (Å²) in [5.41, 5.74) is 0.217. The Bertz CT molecular complexity index is 560. The van der Waals surface area contributed by atoms with Crippen molar-refractivity contribution in [2.24, 2.45) is 0 Å². The summed E-state index contributed by atoms with van der Waals surface area (Å²) in [5, 5.41) is 15.9. The van der Waals surface area contributed by atoms with Gasteiger partial charge < -0.3 is 15.5 Å². The van der Waals surface area contributed by atoms with Crippen LogP contribution in [0, 0.1) is 10.1 Å². The zero-order chi connectivity index (χ0) is 14.7. The van der Waals surface area contributed by atoms with Crippen molar-refractivity contribution >= 4 is 23.3 Å². The number of benzene rings is 1. The molecule has 3 amide bonds. The first-order chi connectivity index (χ1) is 9.49. The zero-order valence-corrected chi connectivity index (χ0v) is 10.8. The average molecular weight is 278 g/mol. The molecule has 0 aromatic heterocycles. The summed E-state index contributed by atoms with van der Waals surface area (Å²) in [5.74, 6) is -0.217. The van der Waals surface area contributed by atoms with Crippen LogP contribution in [0.3, 0.4) is 0 Å². The van der Waals surface area contributed by atoms with E-state index in [9.17, 15) is 19.7 Å². The molecular weight excluding hydrogens is 264 g/mol. The summed E-state index contributed by atoms with van der Waals surface area (Å²) in [7, 11) is 0. The molecule has 2 rings (SSSR count). The van der Waals surface area contributed by atoms with Crippen LogP contribution < -0.4 is 10.6 Å². The quantitative estimate of drug-likeness (QED) is 0.620. The standard InChI is InChI=1S/C12H14N4O4/c1-8-11(17)13-5-6-15(8)12(18)14-9-3-2-4-10(7-9)16(19)20/h2-4,7-8H,5-6H2,1H3,(H,13,17)(H,14,18). The van der Waals surface area contributed by atoms with Crippen molar-refractivity contribution in [1.82, 2.24) is 10.2 Å². The molecule has 1 heterocycles. The van der Waals surface area contributed by atoms with Gasteiger partial charge in [0.25, 0.3) is 5.69 Å². The number of non-ortho nitro benzene ring substituents is 1. The number of hydrogen-bond donors (Lipinski definition) is 2. The Morgan fingerprint density at radius 1 is 1.55 bits per heavy atom. The van der Waals surface area contributed by atoms with Crippen molar-refractivity contribution in [3.63, 3.8) is 0 Å². The summed E-state index contributed by atoms with van der Waals surface area (Å²) < 4.78 is 0. The molecule has 1 aliphatic heterocycles. The van der Waals surface area contributed by atoms with Gasteiger partial charge in [0.2, 0.25) is 5.91 Å². The second-order valence-electron chi connectivity index (χ2n) is 4.40. The molecule has 0 spiro atoms. The molecule has 8 nitrogen and oxygen atoms in total. The highest BCUT2D eigenvalue weighted by atomic mass is 16.6. The van der Waals surface area contributed by atoms with Gasteiger partial charge in [0, 0.05) is 30.9 Å². The van der Waals surface area contributed by atoms with E-state index in [-0.39, 0.29) is 11.6 Å². The number of carbonyl (C=O) groups excluding carboxylic acids is 2. The molecular formula is C12H14N4O4. The molecule has 1 aliphatic rings. The summed E-state index contributed by atoms with van der Waals surface area (Å²) in [6.07, 6.45) is 0. The summed E-state index contributed by atoms with van der Waals surface area (Å²) >= 11 is 0. The molecule has 8 heteroatoms. The Hall–Kier alpha value is -2.64. The highest BCUT2D eigenvalue weighted by Gasteiger charge is 2.29. The lowest BCUT2D eigenvalue weighted by Gasteiger charge is -2.32. The Morgan fingerprint density at radius 3 is 3.00 bits per heavy atom. The van der Waals surface area contributed by atoms with Crippen LogP contribution in [0.1, 0.15) is 6.92 Å². The maximum Gasteiger partial charge on any atom is 0.322 e. The maximum atomic E-state index is 12.1. The summed E-state index contributed by atoms with van der Waals surface area (Å²) in [6.45, 7) is 2.42. The van der Waals surface area contributed by atoms with Crippen molar-refractivity contribution in [2.75, 3.05) is 18.4 Å². The number of nitro groups is 1. The third kappa shape index (κ3) is 2.85. The second kappa shape index (κ2) is 5.55. The fourth-order valence-corrected chi connectivity index (χ4v) is 1.95. The molecule has 106 valence electrons. The normalized spacial score (nSPS) is 18.4. The largest absolute Gasteiger partial charge is 0.353 e. The Kier molecular flexibility index (Phi) is 3.83. The first kappa shape index (κ1) is 13.8. The number of rotatable bonds is 2. The van der Waals surface area contributed by atoms with E-state index in [2.05, 4.69) is 10.6 Å². The highest BCUT2D eigenvalue weighted by Crippen LogP contribution is 2.18. The van der Waals surface area contributed by atoms with Gasteiger partial charge in [-0.15, -0.1) is 0 Å². The Balaban J connectivity index is 2.09. The van der Waals surface area contributed by atoms with Gasteiger partial charge in [-0.1, -0.05) is 6.07 Å². The predicted octanol–water partition coefficient (Wildman–Crippen LogP) is 0.947. The van der Waals surface area contributed by atoms with Crippen LogP contribution in [0.4, 0.5) is 16.2 Å². The second-order valence-corrected chi connectivity index (χ2v) is 4.40. The third-order valence-electron chi connectivity index (χ3n) is 3.07. The van der Waals surface area contributed by atoms with Crippen molar-refractivity contribution in [2.45, 2.75) is 13.0 Å². The van der Waals surface area contributed by atoms with Crippen molar-refractivity contribution < 1.29 is 14.5 Å². The van der Waals surface area contributed by atoms with E-state index in [4.69, 9.17) is 0 Å².